The first-order valence-corrected chi connectivity index (χ1v) is 17.0. The van der Waals surface area contributed by atoms with Gasteiger partial charge in [0, 0.05) is 56.6 Å². The Morgan fingerprint density at radius 2 is 1.82 bits per heavy atom. The number of rotatable bonds is 8. The number of piperidine rings is 1. The predicted molar refractivity (Wildman–Crippen MR) is 184 cm³/mol. The Hall–Kier alpha value is -4.90. The second-order valence-corrected chi connectivity index (χ2v) is 13.6. The van der Waals surface area contributed by atoms with E-state index in [4.69, 9.17) is 20.3 Å². The van der Waals surface area contributed by atoms with E-state index in [1.807, 2.05) is 16.8 Å². The molecule has 0 radical (unpaired) electrons. The maximum atomic E-state index is 14.2. The van der Waals surface area contributed by atoms with Crippen LogP contribution in [0.4, 0.5) is 14.6 Å². The number of pyridine rings is 1. The number of amides is 1. The summed E-state index contributed by atoms with van der Waals surface area (Å²) in [6, 6.07) is 15.0. The number of hydrogen-bond acceptors (Lipinski definition) is 9. The topological polar surface area (TPSA) is 126 Å². The van der Waals surface area contributed by atoms with Crippen molar-refractivity contribution in [1.29, 1.82) is 5.26 Å². The quantitative estimate of drug-likeness (QED) is 0.198. The minimum absolute atomic E-state index is 0.144. The third-order valence-electron chi connectivity index (χ3n) is 10.1. The van der Waals surface area contributed by atoms with E-state index < -0.39 is 17.2 Å². The van der Waals surface area contributed by atoms with Gasteiger partial charge < -0.3 is 20.1 Å². The van der Waals surface area contributed by atoms with Gasteiger partial charge in [0.1, 0.15) is 28.9 Å². The van der Waals surface area contributed by atoms with Gasteiger partial charge in [-0.25, -0.2) is 9.37 Å². The molecule has 0 spiro atoms. The number of aromatic nitrogens is 3. The van der Waals surface area contributed by atoms with Crippen LogP contribution in [-0.4, -0.2) is 99.4 Å². The molecule has 50 heavy (non-hydrogen) atoms. The Kier molecular flexibility index (Phi) is 9.26. The van der Waals surface area contributed by atoms with Gasteiger partial charge in [-0.2, -0.15) is 14.8 Å². The molecule has 3 fully saturated rings. The molecular weight excluding hydrogens is 642 g/mol. The molecule has 1 atom stereocenters. The zero-order chi connectivity index (χ0) is 35.0. The molecule has 260 valence electrons. The number of nitrogen functional groups attached to an aromatic ring is 1. The zero-order valence-electron chi connectivity index (χ0n) is 28.2. The number of ether oxygens (including phenoxy) is 2. The second kappa shape index (κ2) is 13.8. The summed E-state index contributed by atoms with van der Waals surface area (Å²) in [5, 5.41) is 15.8. The highest BCUT2D eigenvalue weighted by Crippen LogP contribution is 2.36. The number of likely N-dealkylation sites (tertiary alicyclic amines) is 1. The predicted octanol–water partition coefficient (Wildman–Crippen LogP) is 5.16. The lowest BCUT2D eigenvalue weighted by Crippen LogP contribution is -2.59. The molecular formula is C37H40F2N8O3. The standard InChI is InChI=1S/C37H40F2N8O3/c1-37(2,46-17-15-44(16-18-46)27-22-49-23-27)19-25(20-40)36(48)45-14-4-5-26(21-45)47-30-12-13-42-35(41)32(30)34(43-47)24-8-10-28(11-9-24)50-31-7-3-6-29(38)33(31)39/h3,6-13,19,26-27H,4-5,14-18,21-23H2,1-2H3,(H2,41,42)/t26-/m1/s1. The van der Waals surface area contributed by atoms with E-state index in [-0.39, 0.29) is 23.3 Å². The third kappa shape index (κ3) is 6.54. The summed E-state index contributed by atoms with van der Waals surface area (Å²) in [6.45, 7) is 10.2. The number of hydrogen-bond donors (Lipinski definition) is 1. The number of nitrogens with two attached hydrogens (primary N) is 1. The molecule has 7 rings (SSSR count). The highest BCUT2D eigenvalue weighted by molar-refractivity contribution is 6.00. The van der Waals surface area contributed by atoms with E-state index in [0.29, 0.717) is 41.8 Å². The van der Waals surface area contributed by atoms with Crippen molar-refractivity contribution in [2.75, 3.05) is 58.2 Å². The van der Waals surface area contributed by atoms with E-state index in [0.717, 1.165) is 69.4 Å². The maximum Gasteiger partial charge on any atom is 0.264 e. The number of halogens is 2. The summed E-state index contributed by atoms with van der Waals surface area (Å²) in [6.07, 6.45) is 4.98. The van der Waals surface area contributed by atoms with Crippen molar-refractivity contribution in [3.63, 3.8) is 0 Å². The van der Waals surface area contributed by atoms with Gasteiger partial charge in [0.2, 0.25) is 5.82 Å². The van der Waals surface area contributed by atoms with Crippen LogP contribution in [0.15, 0.2) is 66.4 Å². The average molecular weight is 683 g/mol. The minimum atomic E-state index is -1.06. The molecule has 0 saturated carbocycles. The number of anilines is 1. The Balaban J connectivity index is 1.09. The SMILES string of the molecule is CC(C)(C=C(C#N)C(=O)N1CCC[C@@H](n2nc(-c3ccc(Oc4cccc(F)c4F)cc3)c3c(N)nccc32)C1)N1CCN(C2COC2)CC1. The van der Waals surface area contributed by atoms with Gasteiger partial charge in [0.25, 0.3) is 5.91 Å². The molecule has 4 aromatic rings. The van der Waals surface area contributed by atoms with Crippen molar-refractivity contribution < 1.29 is 23.0 Å². The van der Waals surface area contributed by atoms with Crippen molar-refractivity contribution >= 4 is 22.6 Å². The average Bonchev–Trinajstić information content (AvgIpc) is 3.50. The fourth-order valence-electron chi connectivity index (χ4n) is 7.16. The molecule has 0 aliphatic carbocycles. The highest BCUT2D eigenvalue weighted by Gasteiger charge is 2.35. The summed E-state index contributed by atoms with van der Waals surface area (Å²) in [4.78, 5) is 24.7. The van der Waals surface area contributed by atoms with E-state index in [2.05, 4.69) is 34.7 Å². The van der Waals surface area contributed by atoms with Crippen LogP contribution in [0.3, 0.4) is 0 Å². The summed E-state index contributed by atoms with van der Waals surface area (Å²) in [5.41, 5.74) is 8.17. The van der Waals surface area contributed by atoms with Crippen LogP contribution in [0, 0.1) is 23.0 Å². The lowest BCUT2D eigenvalue weighted by molar-refractivity contribution is -0.128. The fourth-order valence-corrected chi connectivity index (χ4v) is 7.16. The monoisotopic (exact) mass is 682 g/mol. The normalized spacial score (nSPS) is 19.7. The van der Waals surface area contributed by atoms with Crippen LogP contribution in [-0.2, 0) is 9.53 Å². The number of carbonyl (C=O) groups excluding carboxylic acids is 1. The number of piperazine rings is 1. The van der Waals surface area contributed by atoms with Gasteiger partial charge in [-0.3, -0.25) is 19.3 Å². The van der Waals surface area contributed by atoms with Crippen molar-refractivity contribution in [2.45, 2.75) is 44.3 Å². The minimum Gasteiger partial charge on any atom is -0.454 e. The van der Waals surface area contributed by atoms with Gasteiger partial charge >= 0.3 is 0 Å². The number of carbonyl (C=O) groups is 1. The number of fused-ring (bicyclic) bond motifs is 1. The Bertz CT molecular complexity index is 1960. The molecule has 2 N–H and O–H groups in total. The molecule has 5 heterocycles. The molecule has 13 heteroatoms. The van der Waals surface area contributed by atoms with Crippen LogP contribution in [0.5, 0.6) is 11.5 Å². The van der Waals surface area contributed by atoms with E-state index >= 15 is 0 Å². The highest BCUT2D eigenvalue weighted by atomic mass is 19.2. The molecule has 11 nitrogen and oxygen atoms in total. The molecule has 2 aromatic heterocycles. The summed E-state index contributed by atoms with van der Waals surface area (Å²) in [5.74, 6) is -1.91. The van der Waals surface area contributed by atoms with Gasteiger partial charge in [0.05, 0.1) is 36.2 Å². The van der Waals surface area contributed by atoms with E-state index in [9.17, 15) is 18.8 Å². The first-order chi connectivity index (χ1) is 24.1. The van der Waals surface area contributed by atoms with Crippen molar-refractivity contribution in [3.05, 3.63) is 78.0 Å². The van der Waals surface area contributed by atoms with E-state index in [1.54, 1.807) is 35.4 Å². The Morgan fingerprint density at radius 3 is 2.52 bits per heavy atom. The summed E-state index contributed by atoms with van der Waals surface area (Å²) in [7, 11) is 0. The van der Waals surface area contributed by atoms with Crippen LogP contribution in [0.25, 0.3) is 22.2 Å². The van der Waals surface area contributed by atoms with Crippen LogP contribution in [0.2, 0.25) is 0 Å². The Labute approximate surface area is 289 Å². The summed E-state index contributed by atoms with van der Waals surface area (Å²) >= 11 is 0. The van der Waals surface area contributed by atoms with Crippen LogP contribution < -0.4 is 10.5 Å². The van der Waals surface area contributed by atoms with Gasteiger partial charge in [-0.05, 0) is 75.2 Å². The van der Waals surface area contributed by atoms with Gasteiger partial charge in [0.15, 0.2) is 11.6 Å². The zero-order valence-corrected chi connectivity index (χ0v) is 28.2. The number of benzene rings is 2. The first kappa shape index (κ1) is 33.6. The van der Waals surface area contributed by atoms with Crippen molar-refractivity contribution in [1.82, 2.24) is 29.5 Å². The van der Waals surface area contributed by atoms with Crippen molar-refractivity contribution in [3.8, 4) is 28.8 Å². The van der Waals surface area contributed by atoms with Crippen LogP contribution >= 0.6 is 0 Å². The first-order valence-electron chi connectivity index (χ1n) is 17.0. The largest absolute Gasteiger partial charge is 0.454 e. The molecule has 3 aliphatic heterocycles. The fraction of sp³-hybridized carbons (Fsp3) is 0.405. The number of nitriles is 1. The van der Waals surface area contributed by atoms with Gasteiger partial charge in [-0.1, -0.05) is 6.07 Å². The maximum absolute atomic E-state index is 14.2. The van der Waals surface area contributed by atoms with E-state index in [1.165, 1.54) is 12.1 Å². The molecule has 3 aliphatic rings. The van der Waals surface area contributed by atoms with Crippen molar-refractivity contribution in [2.24, 2.45) is 0 Å². The molecule has 0 unspecified atom stereocenters. The molecule has 2 aromatic carbocycles. The molecule has 3 saturated heterocycles. The second-order valence-electron chi connectivity index (χ2n) is 13.6. The summed E-state index contributed by atoms with van der Waals surface area (Å²) < 4.78 is 40.7. The van der Waals surface area contributed by atoms with Gasteiger partial charge in [-0.15, -0.1) is 0 Å². The molecule has 0 bridgehead atoms. The molecule has 1 amide bonds. The lowest BCUT2D eigenvalue weighted by atomic mass is 9.96. The van der Waals surface area contributed by atoms with Crippen LogP contribution in [0.1, 0.15) is 32.7 Å². The number of nitrogens with zero attached hydrogens (tertiary/aromatic N) is 7. The Morgan fingerprint density at radius 1 is 1.06 bits per heavy atom. The smallest absolute Gasteiger partial charge is 0.264 e. The third-order valence-corrected chi connectivity index (χ3v) is 10.1. The lowest BCUT2D eigenvalue weighted by Gasteiger charge is -2.46.